The van der Waals surface area contributed by atoms with Crippen molar-refractivity contribution in [3.05, 3.63) is 23.9 Å². The average Bonchev–Trinajstić information content (AvgIpc) is 2.82. The van der Waals surface area contributed by atoms with E-state index in [4.69, 9.17) is 0 Å². The van der Waals surface area contributed by atoms with Gasteiger partial charge >= 0.3 is 6.03 Å². The third-order valence-electron chi connectivity index (χ3n) is 3.95. The number of hydrogen-bond donors (Lipinski definition) is 2. The Hall–Kier alpha value is -1.82. The molecule has 0 aromatic carbocycles. The lowest BCUT2D eigenvalue weighted by atomic mass is 10.1. The number of amides is 2. The van der Waals surface area contributed by atoms with Gasteiger partial charge in [0.15, 0.2) is 0 Å². The molecule has 0 spiro atoms. The molecule has 6 heteroatoms. The van der Waals surface area contributed by atoms with E-state index in [0.717, 1.165) is 45.1 Å². The molecule has 0 aliphatic carbocycles. The predicted octanol–water partition coefficient (Wildman–Crippen LogP) is 0.723. The molecule has 0 radical (unpaired) electrons. The zero-order valence-corrected chi connectivity index (χ0v) is 11.8. The van der Waals surface area contributed by atoms with Gasteiger partial charge in [0.25, 0.3) is 0 Å². The second-order valence-corrected chi connectivity index (χ2v) is 5.31. The highest BCUT2D eigenvalue weighted by atomic mass is 16.2. The molecular weight excluding hydrogens is 254 g/mol. The second-order valence-electron chi connectivity index (χ2n) is 5.31. The van der Waals surface area contributed by atoms with Crippen LogP contribution in [0.2, 0.25) is 0 Å². The molecule has 1 aromatic heterocycles. The molecule has 2 saturated heterocycles. The largest absolute Gasteiger partial charge is 0.370 e. The van der Waals surface area contributed by atoms with Crippen molar-refractivity contribution in [2.45, 2.75) is 19.5 Å². The first-order chi connectivity index (χ1) is 9.78. The van der Waals surface area contributed by atoms with Crippen LogP contribution in [0.15, 0.2) is 18.3 Å². The van der Waals surface area contributed by atoms with Gasteiger partial charge in [-0.3, -0.25) is 4.90 Å². The number of anilines is 1. The van der Waals surface area contributed by atoms with E-state index >= 15 is 0 Å². The number of hydrogen-bond acceptors (Lipinski definition) is 4. The van der Waals surface area contributed by atoms with Crippen LogP contribution in [0.3, 0.4) is 0 Å². The molecule has 2 aliphatic heterocycles. The summed E-state index contributed by atoms with van der Waals surface area (Å²) in [5.74, 6) is 0.970. The Morgan fingerprint density at radius 2 is 2.40 bits per heavy atom. The first kappa shape index (κ1) is 13.2. The van der Waals surface area contributed by atoms with Crippen LogP contribution in [0.25, 0.3) is 0 Å². The summed E-state index contributed by atoms with van der Waals surface area (Å²) >= 11 is 0. The van der Waals surface area contributed by atoms with E-state index in [1.807, 2.05) is 17.2 Å². The molecule has 1 unspecified atom stereocenters. The van der Waals surface area contributed by atoms with E-state index in [-0.39, 0.29) is 6.03 Å². The number of carbonyl (C=O) groups excluding carboxylic acids is 1. The summed E-state index contributed by atoms with van der Waals surface area (Å²) < 4.78 is 0. The zero-order valence-electron chi connectivity index (χ0n) is 11.8. The SMILES string of the molecule is CCNc1ncccc1CN1CCN2C(=O)NCC2C1. The lowest BCUT2D eigenvalue weighted by Gasteiger charge is -2.36. The maximum atomic E-state index is 11.6. The van der Waals surface area contributed by atoms with Gasteiger partial charge in [-0.25, -0.2) is 9.78 Å². The molecule has 1 aromatic rings. The number of nitrogens with zero attached hydrogens (tertiary/aromatic N) is 3. The minimum Gasteiger partial charge on any atom is -0.370 e. The summed E-state index contributed by atoms with van der Waals surface area (Å²) in [6.07, 6.45) is 1.82. The summed E-state index contributed by atoms with van der Waals surface area (Å²) in [4.78, 5) is 20.3. The average molecular weight is 275 g/mol. The number of rotatable bonds is 4. The predicted molar refractivity (Wildman–Crippen MR) is 77.6 cm³/mol. The van der Waals surface area contributed by atoms with Crippen molar-refractivity contribution >= 4 is 11.8 Å². The highest BCUT2D eigenvalue weighted by molar-refractivity contribution is 5.77. The van der Waals surface area contributed by atoms with Gasteiger partial charge in [0.05, 0.1) is 6.04 Å². The number of carbonyl (C=O) groups is 1. The molecule has 3 heterocycles. The molecule has 0 saturated carbocycles. The molecule has 1 atom stereocenters. The van der Waals surface area contributed by atoms with Crippen molar-refractivity contribution in [1.29, 1.82) is 0 Å². The van der Waals surface area contributed by atoms with Gasteiger partial charge in [-0.2, -0.15) is 0 Å². The maximum absolute atomic E-state index is 11.6. The van der Waals surface area contributed by atoms with Gasteiger partial charge in [0.1, 0.15) is 5.82 Å². The number of piperazine rings is 1. The Morgan fingerprint density at radius 3 is 3.25 bits per heavy atom. The first-order valence-corrected chi connectivity index (χ1v) is 7.22. The smallest absolute Gasteiger partial charge is 0.317 e. The Morgan fingerprint density at radius 1 is 1.50 bits per heavy atom. The molecule has 2 N–H and O–H groups in total. The monoisotopic (exact) mass is 275 g/mol. The highest BCUT2D eigenvalue weighted by Gasteiger charge is 2.35. The fraction of sp³-hybridized carbons (Fsp3) is 0.571. The Bertz CT molecular complexity index is 492. The summed E-state index contributed by atoms with van der Waals surface area (Å²) in [6, 6.07) is 4.50. The Labute approximate surface area is 119 Å². The van der Waals surface area contributed by atoms with Crippen LogP contribution in [-0.4, -0.2) is 59.6 Å². The van der Waals surface area contributed by atoms with Crippen molar-refractivity contribution in [3.8, 4) is 0 Å². The van der Waals surface area contributed by atoms with Gasteiger partial charge in [-0.05, 0) is 13.0 Å². The lowest BCUT2D eigenvalue weighted by Crippen LogP contribution is -2.51. The number of fused-ring (bicyclic) bond motifs is 1. The molecule has 20 heavy (non-hydrogen) atoms. The molecule has 6 nitrogen and oxygen atoms in total. The topological polar surface area (TPSA) is 60.5 Å². The van der Waals surface area contributed by atoms with Crippen molar-refractivity contribution in [3.63, 3.8) is 0 Å². The molecule has 2 amide bonds. The molecular formula is C14H21N5O. The fourth-order valence-corrected chi connectivity index (χ4v) is 2.95. The van der Waals surface area contributed by atoms with Crippen molar-refractivity contribution in [1.82, 2.24) is 20.1 Å². The van der Waals surface area contributed by atoms with E-state index in [1.165, 1.54) is 5.56 Å². The summed E-state index contributed by atoms with van der Waals surface area (Å²) in [5.41, 5.74) is 1.22. The second kappa shape index (κ2) is 5.66. The fourth-order valence-electron chi connectivity index (χ4n) is 2.95. The van der Waals surface area contributed by atoms with E-state index < -0.39 is 0 Å². The summed E-state index contributed by atoms with van der Waals surface area (Å²) in [6.45, 7) is 7.26. The van der Waals surface area contributed by atoms with E-state index in [1.54, 1.807) is 0 Å². The third kappa shape index (κ3) is 2.56. The Kier molecular flexibility index (Phi) is 3.73. The molecule has 2 aliphatic rings. The van der Waals surface area contributed by atoms with Crippen LogP contribution < -0.4 is 10.6 Å². The van der Waals surface area contributed by atoms with Crippen molar-refractivity contribution in [2.75, 3.05) is 38.0 Å². The van der Waals surface area contributed by atoms with Gasteiger partial charge in [-0.15, -0.1) is 0 Å². The van der Waals surface area contributed by atoms with E-state index in [9.17, 15) is 4.79 Å². The minimum atomic E-state index is 0.0874. The van der Waals surface area contributed by atoms with Crippen molar-refractivity contribution in [2.24, 2.45) is 0 Å². The van der Waals surface area contributed by atoms with Crippen LogP contribution in [0.4, 0.5) is 10.6 Å². The summed E-state index contributed by atoms with van der Waals surface area (Å²) in [7, 11) is 0. The van der Waals surface area contributed by atoms with Gasteiger partial charge < -0.3 is 15.5 Å². The van der Waals surface area contributed by atoms with Crippen LogP contribution in [-0.2, 0) is 6.54 Å². The summed E-state index contributed by atoms with van der Waals surface area (Å²) in [5, 5.41) is 6.22. The van der Waals surface area contributed by atoms with E-state index in [2.05, 4.69) is 33.5 Å². The standard InChI is InChI=1S/C14H21N5O/c1-2-15-13-11(4-3-5-16-13)9-18-6-7-19-12(10-18)8-17-14(19)20/h3-5,12H,2,6-10H2,1H3,(H,15,16)(H,17,20). The lowest BCUT2D eigenvalue weighted by molar-refractivity contribution is 0.116. The van der Waals surface area contributed by atoms with E-state index in [0.29, 0.717) is 6.04 Å². The molecule has 0 bridgehead atoms. The quantitative estimate of drug-likeness (QED) is 0.850. The molecule has 108 valence electrons. The molecule has 2 fully saturated rings. The third-order valence-corrected chi connectivity index (χ3v) is 3.95. The van der Waals surface area contributed by atoms with Crippen LogP contribution in [0.5, 0.6) is 0 Å². The highest BCUT2D eigenvalue weighted by Crippen LogP contribution is 2.19. The van der Waals surface area contributed by atoms with Gasteiger partial charge in [0.2, 0.25) is 0 Å². The van der Waals surface area contributed by atoms with Crippen LogP contribution in [0.1, 0.15) is 12.5 Å². The van der Waals surface area contributed by atoms with Gasteiger partial charge in [-0.1, -0.05) is 6.07 Å². The number of urea groups is 1. The van der Waals surface area contributed by atoms with Gasteiger partial charge in [0, 0.05) is 51.0 Å². The van der Waals surface area contributed by atoms with Crippen LogP contribution in [0, 0.1) is 0 Å². The number of nitrogens with one attached hydrogen (secondary N) is 2. The first-order valence-electron chi connectivity index (χ1n) is 7.22. The molecule has 3 rings (SSSR count). The zero-order chi connectivity index (χ0) is 13.9. The minimum absolute atomic E-state index is 0.0874. The normalized spacial score (nSPS) is 22.6. The van der Waals surface area contributed by atoms with Crippen molar-refractivity contribution < 1.29 is 4.79 Å². The Balaban J connectivity index is 1.66. The maximum Gasteiger partial charge on any atom is 0.317 e. The van der Waals surface area contributed by atoms with Crippen LogP contribution >= 0.6 is 0 Å². The number of aromatic nitrogens is 1. The number of pyridine rings is 1.